The molecule has 1 heterocycles. The lowest BCUT2D eigenvalue weighted by Gasteiger charge is -2.42. The van der Waals surface area contributed by atoms with Crippen LogP contribution in [0.15, 0.2) is 65.6 Å². The molecular formula is C26H24N2O5. The van der Waals surface area contributed by atoms with Gasteiger partial charge in [0.15, 0.2) is 17.3 Å². The molecule has 7 nitrogen and oxygen atoms in total. The second-order valence-corrected chi connectivity index (χ2v) is 8.35. The van der Waals surface area contributed by atoms with Crippen molar-refractivity contribution < 1.29 is 24.2 Å². The minimum absolute atomic E-state index is 0.0920. The molecule has 1 aliphatic heterocycles. The molecule has 0 saturated heterocycles. The van der Waals surface area contributed by atoms with E-state index in [9.17, 15) is 14.7 Å². The monoisotopic (exact) mass is 444 g/mol. The zero-order chi connectivity index (χ0) is 23.6. The Hall–Kier alpha value is -4.00. The molecule has 0 radical (unpaired) electrons. The standard InChI is InChI=1S/C26H24N2O5/c1-13-27(2)18-12-17-15-8-6-7-9-16(15)24(29)22(17)21(23(18)26(31)28(13)3)14-10-19(32-4)25(30)20(11-14)33-5/h6-11,21,30H,1,12H2,2-5H3. The first-order valence-corrected chi connectivity index (χ1v) is 10.6. The van der Waals surface area contributed by atoms with Crippen molar-refractivity contribution in [2.24, 2.45) is 0 Å². The highest BCUT2D eigenvalue weighted by Gasteiger charge is 2.47. The molecule has 5 rings (SSSR count). The molecular weight excluding hydrogens is 420 g/mol. The molecule has 0 saturated carbocycles. The lowest BCUT2D eigenvalue weighted by molar-refractivity contribution is -0.126. The molecule has 1 N–H and O–H groups in total. The van der Waals surface area contributed by atoms with Gasteiger partial charge in [-0.2, -0.15) is 0 Å². The van der Waals surface area contributed by atoms with Crippen molar-refractivity contribution in [3.05, 3.63) is 82.3 Å². The molecule has 1 atom stereocenters. The van der Waals surface area contributed by atoms with Crippen molar-refractivity contribution >= 4 is 17.3 Å². The molecule has 2 aromatic carbocycles. The summed E-state index contributed by atoms with van der Waals surface area (Å²) in [7, 11) is 6.45. The third kappa shape index (κ3) is 2.75. The van der Waals surface area contributed by atoms with Gasteiger partial charge in [0.2, 0.25) is 5.75 Å². The Morgan fingerprint density at radius 2 is 1.58 bits per heavy atom. The van der Waals surface area contributed by atoms with Crippen LogP contribution in [0.5, 0.6) is 17.2 Å². The number of methoxy groups -OCH3 is 2. The molecule has 3 aliphatic rings. The summed E-state index contributed by atoms with van der Waals surface area (Å²) in [6, 6.07) is 10.8. The van der Waals surface area contributed by atoms with Gasteiger partial charge in [-0.05, 0) is 28.8 Å². The molecule has 7 heteroatoms. The van der Waals surface area contributed by atoms with Crippen LogP contribution in [0.4, 0.5) is 0 Å². The van der Waals surface area contributed by atoms with E-state index in [-0.39, 0.29) is 28.9 Å². The molecule has 0 spiro atoms. The van der Waals surface area contributed by atoms with E-state index >= 15 is 0 Å². The molecule has 1 amide bonds. The second-order valence-electron chi connectivity index (χ2n) is 8.35. The molecule has 2 aromatic rings. The number of ketones is 1. The Morgan fingerprint density at radius 1 is 0.970 bits per heavy atom. The van der Waals surface area contributed by atoms with Gasteiger partial charge in [-0.3, -0.25) is 14.5 Å². The van der Waals surface area contributed by atoms with Crippen LogP contribution in [0.1, 0.15) is 33.8 Å². The van der Waals surface area contributed by atoms with Gasteiger partial charge in [0.05, 0.1) is 14.2 Å². The summed E-state index contributed by atoms with van der Waals surface area (Å²) in [5.41, 5.74) is 4.95. The van der Waals surface area contributed by atoms with E-state index < -0.39 is 5.92 Å². The number of Topliss-reactive ketones (excluding diaryl/α,β-unsaturated/α-hetero) is 1. The summed E-state index contributed by atoms with van der Waals surface area (Å²) in [5, 5.41) is 10.5. The fraction of sp³-hybridized carbons (Fsp3) is 0.231. The number of phenolic OH excluding ortho intramolecular Hbond substituents is 1. The third-order valence-corrected chi connectivity index (χ3v) is 6.85. The lowest BCUT2D eigenvalue weighted by atomic mass is 9.74. The number of amides is 1. The Balaban J connectivity index is 1.82. The fourth-order valence-electron chi connectivity index (χ4n) is 5.08. The van der Waals surface area contributed by atoms with E-state index in [2.05, 4.69) is 6.58 Å². The predicted octanol–water partition coefficient (Wildman–Crippen LogP) is 3.68. The van der Waals surface area contributed by atoms with Crippen LogP contribution in [0, 0.1) is 0 Å². The topological polar surface area (TPSA) is 79.3 Å². The number of carbonyl (C=O) groups is 2. The number of hydrogen-bond acceptors (Lipinski definition) is 6. The maximum absolute atomic E-state index is 13.7. The molecule has 33 heavy (non-hydrogen) atoms. The molecule has 168 valence electrons. The first-order valence-electron chi connectivity index (χ1n) is 10.6. The SMILES string of the molecule is C=C1N(C)C(=O)C2=C(CC3=C(C(=O)c4ccccc43)C2c2cc(OC)c(O)c(OC)c2)N1C. The van der Waals surface area contributed by atoms with Gasteiger partial charge in [0.1, 0.15) is 5.82 Å². The molecule has 1 unspecified atom stereocenters. The van der Waals surface area contributed by atoms with Gasteiger partial charge >= 0.3 is 0 Å². The Kier molecular flexibility index (Phi) is 4.60. The lowest BCUT2D eigenvalue weighted by Crippen LogP contribution is -2.44. The van der Waals surface area contributed by atoms with Gasteiger partial charge in [-0.1, -0.05) is 30.8 Å². The average Bonchev–Trinajstić information content (AvgIpc) is 3.12. The summed E-state index contributed by atoms with van der Waals surface area (Å²) in [6.45, 7) is 4.07. The van der Waals surface area contributed by atoms with Crippen LogP contribution < -0.4 is 9.47 Å². The molecule has 2 aliphatic carbocycles. The molecule has 0 aromatic heterocycles. The Morgan fingerprint density at radius 3 is 2.18 bits per heavy atom. The highest BCUT2D eigenvalue weighted by molar-refractivity contribution is 6.23. The van der Waals surface area contributed by atoms with Crippen LogP contribution in [-0.4, -0.2) is 54.9 Å². The number of hydrogen-bond donors (Lipinski definition) is 1. The van der Waals surface area contributed by atoms with E-state index in [1.54, 1.807) is 19.2 Å². The number of aromatic hydroxyl groups is 1. The van der Waals surface area contributed by atoms with Crippen molar-refractivity contribution in [2.75, 3.05) is 28.3 Å². The largest absolute Gasteiger partial charge is 0.502 e. The average molecular weight is 444 g/mol. The van der Waals surface area contributed by atoms with Crippen molar-refractivity contribution in [3.63, 3.8) is 0 Å². The minimum atomic E-state index is -0.655. The summed E-state index contributed by atoms with van der Waals surface area (Å²) >= 11 is 0. The summed E-state index contributed by atoms with van der Waals surface area (Å²) < 4.78 is 10.7. The summed E-state index contributed by atoms with van der Waals surface area (Å²) in [4.78, 5) is 30.6. The molecule has 0 fully saturated rings. The summed E-state index contributed by atoms with van der Waals surface area (Å²) in [6.07, 6.45) is 0.450. The number of phenols is 1. The van der Waals surface area contributed by atoms with E-state index in [4.69, 9.17) is 9.47 Å². The van der Waals surface area contributed by atoms with E-state index in [0.29, 0.717) is 34.5 Å². The number of nitrogens with zero attached hydrogens (tertiary/aromatic N) is 2. The molecule has 0 bridgehead atoms. The number of carbonyl (C=O) groups excluding carboxylic acids is 2. The first kappa shape index (κ1) is 20.9. The third-order valence-electron chi connectivity index (χ3n) is 6.85. The summed E-state index contributed by atoms with van der Waals surface area (Å²) in [5.74, 6) is -0.114. The number of likely N-dealkylation sites (N-methyl/N-ethyl adjacent to an activating group) is 1. The van der Waals surface area contributed by atoms with Gasteiger partial charge in [-0.25, -0.2) is 0 Å². The minimum Gasteiger partial charge on any atom is -0.502 e. The Bertz CT molecular complexity index is 1290. The van der Waals surface area contributed by atoms with Crippen molar-refractivity contribution in [2.45, 2.75) is 12.3 Å². The van der Waals surface area contributed by atoms with Crippen molar-refractivity contribution in [1.29, 1.82) is 0 Å². The van der Waals surface area contributed by atoms with Crippen LogP contribution in [0.25, 0.3) is 5.57 Å². The number of benzene rings is 2. The van der Waals surface area contributed by atoms with Crippen LogP contribution in [-0.2, 0) is 4.79 Å². The van der Waals surface area contributed by atoms with Gasteiger partial charge < -0.3 is 19.5 Å². The van der Waals surface area contributed by atoms with Gasteiger partial charge in [0.25, 0.3) is 5.91 Å². The van der Waals surface area contributed by atoms with E-state index in [1.165, 1.54) is 19.1 Å². The maximum atomic E-state index is 13.7. The van der Waals surface area contributed by atoms with E-state index in [1.807, 2.05) is 36.2 Å². The highest BCUT2D eigenvalue weighted by Crippen LogP contribution is 2.54. The zero-order valence-corrected chi connectivity index (χ0v) is 18.9. The van der Waals surface area contributed by atoms with Crippen LogP contribution in [0.2, 0.25) is 0 Å². The van der Waals surface area contributed by atoms with Gasteiger partial charge in [0, 0.05) is 48.8 Å². The van der Waals surface area contributed by atoms with Crippen LogP contribution in [0.3, 0.4) is 0 Å². The smallest absolute Gasteiger partial charge is 0.257 e. The van der Waals surface area contributed by atoms with Crippen LogP contribution >= 0.6 is 0 Å². The van der Waals surface area contributed by atoms with Gasteiger partial charge in [-0.15, -0.1) is 0 Å². The highest BCUT2D eigenvalue weighted by atomic mass is 16.5. The van der Waals surface area contributed by atoms with E-state index in [0.717, 1.165) is 16.8 Å². The number of allylic oxidation sites excluding steroid dienone is 2. The quantitative estimate of drug-likeness (QED) is 0.778. The Labute approximate surface area is 191 Å². The second kappa shape index (κ2) is 7.27. The number of ether oxygens (including phenoxy) is 2. The zero-order valence-electron chi connectivity index (χ0n) is 18.9. The first-order chi connectivity index (χ1) is 15.8. The normalized spacial score (nSPS) is 19.6. The predicted molar refractivity (Wildman–Crippen MR) is 123 cm³/mol. The fourth-order valence-corrected chi connectivity index (χ4v) is 5.08. The number of fused-ring (bicyclic) bond motifs is 2. The van der Waals surface area contributed by atoms with Crippen molar-refractivity contribution in [3.8, 4) is 17.2 Å². The maximum Gasteiger partial charge on any atom is 0.257 e. The number of rotatable bonds is 3. The van der Waals surface area contributed by atoms with Crippen molar-refractivity contribution in [1.82, 2.24) is 9.80 Å².